The summed E-state index contributed by atoms with van der Waals surface area (Å²) in [5.41, 5.74) is 5.72. The van der Waals surface area contributed by atoms with Crippen molar-refractivity contribution in [2.45, 2.75) is 19.7 Å². The van der Waals surface area contributed by atoms with Gasteiger partial charge in [-0.25, -0.2) is 4.98 Å². The summed E-state index contributed by atoms with van der Waals surface area (Å²) in [5.74, 6) is -1.01. The van der Waals surface area contributed by atoms with Gasteiger partial charge in [-0.15, -0.1) is 11.3 Å². The smallest absolute Gasteiger partial charge is 0.433 e. The summed E-state index contributed by atoms with van der Waals surface area (Å²) in [7, 11) is 0. The number of nitrogens with one attached hydrogen (secondary N) is 1. The minimum atomic E-state index is -4.74. The molecule has 0 aliphatic rings. The summed E-state index contributed by atoms with van der Waals surface area (Å²) in [6.07, 6.45) is -4.74. The largest absolute Gasteiger partial charge is 0.484 e. The van der Waals surface area contributed by atoms with Gasteiger partial charge in [0.15, 0.2) is 5.76 Å². The van der Waals surface area contributed by atoms with Crippen molar-refractivity contribution in [3.05, 3.63) is 99.4 Å². The number of rotatable bonds is 7. The average Bonchev–Trinajstić information content (AvgIpc) is 3.53. The number of fused-ring (bicyclic) bond motifs is 1. The summed E-state index contributed by atoms with van der Waals surface area (Å²) in [4.78, 5) is 29.0. The lowest BCUT2D eigenvalue weighted by Crippen LogP contribution is -2.16. The topological polar surface area (TPSA) is 107 Å². The van der Waals surface area contributed by atoms with Gasteiger partial charge in [-0.3, -0.25) is 9.59 Å². The molecular weight excluding hydrogens is 567 g/mol. The highest BCUT2D eigenvalue weighted by molar-refractivity contribution is 7.21. The van der Waals surface area contributed by atoms with Crippen LogP contribution in [0.2, 0.25) is 5.02 Å². The third-order valence-corrected chi connectivity index (χ3v) is 7.30. The molecule has 3 N–H and O–H groups in total. The minimum absolute atomic E-state index is 0.0198. The first-order valence-corrected chi connectivity index (χ1v) is 12.9. The molecule has 5 rings (SSSR count). The number of nitrogens with two attached hydrogens (primary N) is 1. The Morgan fingerprint density at radius 3 is 2.52 bits per heavy atom. The second kappa shape index (κ2) is 10.7. The van der Waals surface area contributed by atoms with Gasteiger partial charge >= 0.3 is 6.18 Å². The fourth-order valence-corrected chi connectivity index (χ4v) is 5.36. The van der Waals surface area contributed by atoms with Crippen LogP contribution in [0.25, 0.3) is 21.3 Å². The molecule has 204 valence electrons. The van der Waals surface area contributed by atoms with Crippen molar-refractivity contribution < 1.29 is 31.9 Å². The van der Waals surface area contributed by atoms with Gasteiger partial charge in [0.2, 0.25) is 0 Å². The van der Waals surface area contributed by atoms with Gasteiger partial charge in [0.1, 0.15) is 33.5 Å². The third kappa shape index (κ3) is 5.38. The number of aromatic nitrogens is 1. The number of aryl methyl sites for hydroxylation is 1. The van der Waals surface area contributed by atoms with E-state index in [1.807, 2.05) is 13.0 Å². The van der Waals surface area contributed by atoms with Crippen molar-refractivity contribution in [1.29, 1.82) is 0 Å². The van der Waals surface area contributed by atoms with Gasteiger partial charge in [0, 0.05) is 5.39 Å². The summed E-state index contributed by atoms with van der Waals surface area (Å²) >= 11 is 6.85. The first-order chi connectivity index (χ1) is 19.0. The Hall–Kier alpha value is -4.35. The van der Waals surface area contributed by atoms with Crippen molar-refractivity contribution in [2.75, 3.05) is 5.32 Å². The maximum absolute atomic E-state index is 13.7. The number of hydrogen-bond acceptors (Lipinski definition) is 6. The molecular formula is C28H19ClF3N3O4S. The van der Waals surface area contributed by atoms with Crippen LogP contribution in [0.15, 0.2) is 71.1 Å². The number of para-hydroxylation sites is 1. The molecule has 0 bridgehead atoms. The van der Waals surface area contributed by atoms with Crippen LogP contribution in [-0.4, -0.2) is 16.8 Å². The van der Waals surface area contributed by atoms with E-state index in [-0.39, 0.29) is 38.7 Å². The summed E-state index contributed by atoms with van der Waals surface area (Å²) < 4.78 is 52.4. The van der Waals surface area contributed by atoms with Gasteiger partial charge in [-0.2, -0.15) is 13.2 Å². The average molecular weight is 586 g/mol. The molecule has 12 heteroatoms. The van der Waals surface area contributed by atoms with Gasteiger partial charge in [-0.1, -0.05) is 54.1 Å². The fraction of sp³-hybridized carbons (Fsp3) is 0.107. The highest BCUT2D eigenvalue weighted by atomic mass is 35.5. The van der Waals surface area contributed by atoms with Crippen LogP contribution in [0.4, 0.5) is 18.9 Å². The number of anilines is 1. The lowest BCUT2D eigenvalue weighted by Gasteiger charge is -2.12. The number of furan rings is 1. The Balaban J connectivity index is 1.51. The zero-order valence-electron chi connectivity index (χ0n) is 20.6. The van der Waals surface area contributed by atoms with Gasteiger partial charge in [-0.05, 0) is 47.9 Å². The van der Waals surface area contributed by atoms with Gasteiger partial charge < -0.3 is 20.2 Å². The number of thiophene rings is 1. The summed E-state index contributed by atoms with van der Waals surface area (Å²) in [5, 5.41) is 3.17. The Morgan fingerprint density at radius 2 is 1.85 bits per heavy atom. The molecule has 0 saturated heterocycles. The number of pyridine rings is 1. The SMILES string of the molecule is Cc1cccc(Cl)c1OCc1ccc(C(=O)Nc2c(C(N)=O)sc3nc(C(F)(F)F)cc(-c4ccccc4)c23)o1. The van der Waals surface area contributed by atoms with Crippen molar-refractivity contribution >= 4 is 50.7 Å². The Labute approximate surface area is 234 Å². The predicted octanol–water partition coefficient (Wildman–Crippen LogP) is 7.47. The molecule has 0 radical (unpaired) electrons. The van der Waals surface area contributed by atoms with Crippen LogP contribution in [0.3, 0.4) is 0 Å². The second-order valence-electron chi connectivity index (χ2n) is 8.66. The standard InChI is InChI=1S/C28H19ClF3N3O4S/c1-14-6-5-9-18(29)23(14)38-13-16-10-11-19(39-16)26(37)35-22-21-17(15-7-3-2-4-8-15)12-20(28(30,31)32)34-27(21)40-24(22)25(33)36/h2-12H,13H2,1H3,(H2,33,36)(H,35,37). The number of carbonyl (C=O) groups is 2. The molecule has 40 heavy (non-hydrogen) atoms. The number of benzene rings is 2. The number of alkyl halides is 3. The maximum atomic E-state index is 13.7. The lowest BCUT2D eigenvalue weighted by molar-refractivity contribution is -0.140. The van der Waals surface area contributed by atoms with E-state index in [2.05, 4.69) is 10.3 Å². The number of amides is 2. The maximum Gasteiger partial charge on any atom is 0.433 e. The molecule has 0 aliphatic carbocycles. The van der Waals surface area contributed by atoms with E-state index in [4.69, 9.17) is 26.5 Å². The number of nitrogens with zero attached hydrogens (tertiary/aromatic N) is 1. The van der Waals surface area contributed by atoms with Crippen LogP contribution >= 0.6 is 22.9 Å². The first-order valence-electron chi connectivity index (χ1n) is 11.7. The van der Waals surface area contributed by atoms with Crippen molar-refractivity contribution in [2.24, 2.45) is 5.73 Å². The molecule has 2 aromatic carbocycles. The van der Waals surface area contributed by atoms with E-state index in [1.54, 1.807) is 42.5 Å². The van der Waals surface area contributed by atoms with Crippen LogP contribution in [-0.2, 0) is 12.8 Å². The number of carbonyl (C=O) groups excluding carboxylic acids is 2. The number of halogens is 4. The second-order valence-corrected chi connectivity index (χ2v) is 10.1. The summed E-state index contributed by atoms with van der Waals surface area (Å²) in [6.45, 7) is 1.81. The molecule has 3 aromatic heterocycles. The minimum Gasteiger partial charge on any atom is -0.484 e. The molecule has 0 atom stereocenters. The zero-order valence-corrected chi connectivity index (χ0v) is 22.2. The highest BCUT2D eigenvalue weighted by Crippen LogP contribution is 2.43. The molecule has 0 fully saturated rings. The van der Waals surface area contributed by atoms with Crippen molar-refractivity contribution in [1.82, 2.24) is 4.98 Å². The molecule has 7 nitrogen and oxygen atoms in total. The van der Waals surface area contributed by atoms with E-state index >= 15 is 0 Å². The fourth-order valence-electron chi connectivity index (χ4n) is 4.08. The predicted molar refractivity (Wildman–Crippen MR) is 146 cm³/mol. The Morgan fingerprint density at radius 1 is 1.10 bits per heavy atom. The molecule has 5 aromatic rings. The number of hydrogen-bond donors (Lipinski definition) is 2. The molecule has 2 amide bonds. The van der Waals surface area contributed by atoms with Crippen LogP contribution in [0.5, 0.6) is 5.75 Å². The van der Waals surface area contributed by atoms with Crippen LogP contribution in [0, 0.1) is 6.92 Å². The van der Waals surface area contributed by atoms with Crippen LogP contribution in [0.1, 0.15) is 37.2 Å². The molecule has 0 spiro atoms. The molecule has 3 heterocycles. The lowest BCUT2D eigenvalue weighted by atomic mass is 10.0. The van der Waals surface area contributed by atoms with E-state index < -0.39 is 23.7 Å². The van der Waals surface area contributed by atoms with E-state index in [9.17, 15) is 22.8 Å². The first kappa shape index (κ1) is 27.2. The quantitative estimate of drug-likeness (QED) is 0.206. The monoisotopic (exact) mass is 585 g/mol. The van der Waals surface area contributed by atoms with E-state index in [0.29, 0.717) is 33.4 Å². The van der Waals surface area contributed by atoms with Gasteiger partial charge in [0.05, 0.1) is 10.7 Å². The molecule has 0 saturated carbocycles. The molecule has 0 aliphatic heterocycles. The number of primary amides is 1. The van der Waals surface area contributed by atoms with E-state index in [0.717, 1.165) is 11.6 Å². The van der Waals surface area contributed by atoms with E-state index in [1.165, 1.54) is 12.1 Å². The highest BCUT2D eigenvalue weighted by Gasteiger charge is 2.35. The Bertz CT molecular complexity index is 1730. The van der Waals surface area contributed by atoms with Crippen LogP contribution < -0.4 is 15.8 Å². The number of ether oxygens (including phenoxy) is 1. The summed E-state index contributed by atoms with van der Waals surface area (Å²) in [6, 6.07) is 17.4. The van der Waals surface area contributed by atoms with Crippen molar-refractivity contribution in [3.63, 3.8) is 0 Å². The zero-order chi connectivity index (χ0) is 28.6. The normalized spacial score (nSPS) is 11.5. The third-order valence-electron chi connectivity index (χ3n) is 5.91. The Kier molecular flexibility index (Phi) is 7.26. The van der Waals surface area contributed by atoms with Gasteiger partial charge in [0.25, 0.3) is 11.8 Å². The molecule has 0 unspecified atom stereocenters. The van der Waals surface area contributed by atoms with Crippen molar-refractivity contribution in [3.8, 4) is 16.9 Å².